The number of allylic oxidation sites excluding steroid dienone is 5. The molecule has 0 radical (unpaired) electrons. The van der Waals surface area contributed by atoms with Crippen LogP contribution in [-0.4, -0.2) is 11.3 Å². The lowest BCUT2D eigenvalue weighted by Gasteiger charge is -2.41. The van der Waals surface area contributed by atoms with Crippen LogP contribution < -0.4 is 4.90 Å². The molecule has 2 nitrogen and oxygen atoms in total. The van der Waals surface area contributed by atoms with Gasteiger partial charge in [0.2, 0.25) is 0 Å². The SMILES string of the molecule is C=C1C2=C(C)N(c3ccccc3)C(C)=C(C)B2n2c3ccccc3c3cccc1c32. The molecule has 0 saturated heterocycles. The van der Waals surface area contributed by atoms with Crippen LogP contribution in [0.3, 0.4) is 0 Å². The van der Waals surface area contributed by atoms with Crippen molar-refractivity contribution in [2.24, 2.45) is 0 Å². The molecular weight excluding hydrogens is 363 g/mol. The van der Waals surface area contributed by atoms with Crippen molar-refractivity contribution in [3.8, 4) is 0 Å². The Morgan fingerprint density at radius 1 is 0.733 bits per heavy atom. The fourth-order valence-corrected chi connectivity index (χ4v) is 5.54. The Balaban J connectivity index is 1.74. The molecule has 0 aliphatic carbocycles. The molecule has 1 aromatic heterocycles. The highest BCUT2D eigenvalue weighted by atomic mass is 15.2. The molecule has 3 heteroatoms. The van der Waals surface area contributed by atoms with E-state index in [9.17, 15) is 0 Å². The van der Waals surface area contributed by atoms with E-state index < -0.39 is 0 Å². The summed E-state index contributed by atoms with van der Waals surface area (Å²) in [5, 5.41) is 2.63. The lowest BCUT2D eigenvalue weighted by atomic mass is 9.44. The molecule has 0 fully saturated rings. The van der Waals surface area contributed by atoms with Crippen molar-refractivity contribution in [3.05, 3.63) is 107 Å². The maximum atomic E-state index is 4.61. The molecule has 3 heterocycles. The van der Waals surface area contributed by atoms with Crippen molar-refractivity contribution >= 4 is 39.9 Å². The second-order valence-electron chi connectivity index (χ2n) is 8.41. The lowest BCUT2D eigenvalue weighted by molar-refractivity contribution is 1.02. The normalized spacial score (nSPS) is 16.2. The van der Waals surface area contributed by atoms with Gasteiger partial charge in [-0.25, -0.2) is 0 Å². The highest BCUT2D eigenvalue weighted by molar-refractivity contribution is 6.78. The van der Waals surface area contributed by atoms with Gasteiger partial charge in [0.25, 0.3) is 0 Å². The standard InChI is InChI=1S/C27H23BN2/c1-17-22-14-10-15-24-23-13-8-9-16-25(23)30(27(22)24)28-18(2)19(3)29(20(4)26(17)28)21-11-6-5-7-12-21/h5-16H,1H2,2-4H3. The van der Waals surface area contributed by atoms with Gasteiger partial charge in [-0.3, -0.25) is 0 Å². The topological polar surface area (TPSA) is 8.17 Å². The Morgan fingerprint density at radius 3 is 2.23 bits per heavy atom. The Hall–Kier alpha value is -3.46. The van der Waals surface area contributed by atoms with Crippen molar-refractivity contribution in [3.63, 3.8) is 0 Å². The minimum atomic E-state index is 0.176. The van der Waals surface area contributed by atoms with Crippen LogP contribution in [0, 0.1) is 0 Å². The first-order valence-corrected chi connectivity index (χ1v) is 10.5. The van der Waals surface area contributed by atoms with E-state index in [4.69, 9.17) is 0 Å². The van der Waals surface area contributed by atoms with Gasteiger partial charge in [0, 0.05) is 44.5 Å². The van der Waals surface area contributed by atoms with Crippen molar-refractivity contribution in [1.82, 2.24) is 4.48 Å². The molecule has 3 aromatic carbocycles. The summed E-state index contributed by atoms with van der Waals surface area (Å²) in [7, 11) is 0. The van der Waals surface area contributed by atoms with Crippen molar-refractivity contribution in [2.45, 2.75) is 20.8 Å². The molecule has 30 heavy (non-hydrogen) atoms. The molecule has 144 valence electrons. The fourth-order valence-electron chi connectivity index (χ4n) is 5.54. The summed E-state index contributed by atoms with van der Waals surface area (Å²) in [5.41, 5.74) is 11.5. The Labute approximate surface area is 177 Å². The maximum absolute atomic E-state index is 4.61. The van der Waals surface area contributed by atoms with Crippen LogP contribution in [-0.2, 0) is 0 Å². The average molecular weight is 386 g/mol. The summed E-state index contributed by atoms with van der Waals surface area (Å²) in [5.74, 6) is 0. The van der Waals surface area contributed by atoms with Gasteiger partial charge in [0.15, 0.2) is 0 Å². The van der Waals surface area contributed by atoms with Crippen molar-refractivity contribution < 1.29 is 0 Å². The third kappa shape index (κ3) is 2.05. The molecule has 0 unspecified atom stereocenters. The van der Waals surface area contributed by atoms with Crippen LogP contribution in [0.5, 0.6) is 0 Å². The Bertz CT molecular complexity index is 1440. The monoisotopic (exact) mass is 386 g/mol. The maximum Gasteiger partial charge on any atom is 0.327 e. The molecule has 0 saturated carbocycles. The summed E-state index contributed by atoms with van der Waals surface area (Å²) < 4.78 is 2.55. The second-order valence-corrected chi connectivity index (χ2v) is 8.41. The number of rotatable bonds is 1. The molecule has 4 aromatic rings. The Morgan fingerprint density at radius 2 is 1.43 bits per heavy atom. The molecule has 2 aliphatic rings. The van der Waals surface area contributed by atoms with E-state index in [1.807, 2.05) is 0 Å². The van der Waals surface area contributed by atoms with Gasteiger partial charge in [-0.2, -0.15) is 0 Å². The zero-order valence-corrected chi connectivity index (χ0v) is 17.6. The number of anilines is 1. The highest BCUT2D eigenvalue weighted by Gasteiger charge is 2.41. The van der Waals surface area contributed by atoms with Gasteiger partial charge < -0.3 is 9.38 Å². The average Bonchev–Trinajstić information content (AvgIpc) is 3.11. The number of hydrogen-bond donors (Lipinski definition) is 0. The van der Waals surface area contributed by atoms with Gasteiger partial charge in [-0.05, 0) is 50.0 Å². The number of aromatic nitrogens is 1. The molecule has 0 N–H and O–H groups in total. The summed E-state index contributed by atoms with van der Waals surface area (Å²) >= 11 is 0. The van der Waals surface area contributed by atoms with Crippen LogP contribution in [0.15, 0.2) is 102 Å². The van der Waals surface area contributed by atoms with E-state index in [0.717, 1.165) is 5.57 Å². The van der Waals surface area contributed by atoms with E-state index in [1.54, 1.807) is 0 Å². The highest BCUT2D eigenvalue weighted by Crippen LogP contribution is 2.47. The predicted octanol–water partition coefficient (Wildman–Crippen LogP) is 6.83. The van der Waals surface area contributed by atoms with Gasteiger partial charge in [-0.15, -0.1) is 0 Å². The van der Waals surface area contributed by atoms with Crippen LogP contribution in [0.2, 0.25) is 0 Å². The minimum absolute atomic E-state index is 0.176. The van der Waals surface area contributed by atoms with E-state index in [0.29, 0.717) is 0 Å². The van der Waals surface area contributed by atoms with E-state index in [2.05, 4.69) is 110 Å². The third-order valence-electron chi connectivity index (χ3n) is 6.97. The number of benzene rings is 3. The first-order chi connectivity index (χ1) is 14.6. The third-order valence-corrected chi connectivity index (χ3v) is 6.97. The van der Waals surface area contributed by atoms with Gasteiger partial charge >= 0.3 is 6.85 Å². The van der Waals surface area contributed by atoms with Crippen LogP contribution >= 0.6 is 0 Å². The molecule has 0 atom stereocenters. The largest absolute Gasteiger partial charge is 0.376 e. The molecule has 0 spiro atoms. The van der Waals surface area contributed by atoms with E-state index >= 15 is 0 Å². The smallest absolute Gasteiger partial charge is 0.327 e. The van der Waals surface area contributed by atoms with E-state index in [-0.39, 0.29) is 6.85 Å². The van der Waals surface area contributed by atoms with Crippen LogP contribution in [0.4, 0.5) is 5.69 Å². The number of nitrogens with zero attached hydrogens (tertiary/aromatic N) is 2. The van der Waals surface area contributed by atoms with Crippen LogP contribution in [0.25, 0.3) is 27.4 Å². The summed E-state index contributed by atoms with van der Waals surface area (Å²) in [6.07, 6.45) is 0. The number of para-hydroxylation sites is 3. The molecule has 0 amide bonds. The quantitative estimate of drug-likeness (QED) is 0.326. The summed E-state index contributed by atoms with van der Waals surface area (Å²) in [6, 6.07) is 26.1. The lowest BCUT2D eigenvalue weighted by Crippen LogP contribution is -2.41. The van der Waals surface area contributed by atoms with Crippen LogP contribution in [0.1, 0.15) is 26.3 Å². The van der Waals surface area contributed by atoms with E-state index in [1.165, 1.54) is 55.4 Å². The zero-order valence-electron chi connectivity index (χ0n) is 17.6. The fraction of sp³-hybridized carbons (Fsp3) is 0.111. The molecule has 2 aliphatic heterocycles. The second kappa shape index (κ2) is 6.02. The predicted molar refractivity (Wildman–Crippen MR) is 130 cm³/mol. The first kappa shape index (κ1) is 17.4. The molecule has 6 rings (SSSR count). The van der Waals surface area contributed by atoms with Gasteiger partial charge in [-0.1, -0.05) is 66.6 Å². The first-order valence-electron chi connectivity index (χ1n) is 10.5. The number of fused-ring (bicyclic) bond motifs is 5. The summed E-state index contributed by atoms with van der Waals surface area (Å²) in [6.45, 7) is 11.6. The summed E-state index contributed by atoms with van der Waals surface area (Å²) in [4.78, 5) is 2.39. The number of hydrogen-bond acceptors (Lipinski definition) is 1. The minimum Gasteiger partial charge on any atom is -0.376 e. The Kier molecular flexibility index (Phi) is 3.50. The van der Waals surface area contributed by atoms with Crippen molar-refractivity contribution in [2.75, 3.05) is 4.90 Å². The van der Waals surface area contributed by atoms with Gasteiger partial charge in [0.1, 0.15) is 0 Å². The zero-order chi connectivity index (χ0) is 20.6. The molecular formula is C27H23BN2. The van der Waals surface area contributed by atoms with Gasteiger partial charge in [0.05, 0.1) is 0 Å². The van der Waals surface area contributed by atoms with Crippen molar-refractivity contribution in [1.29, 1.82) is 0 Å². The molecule has 0 bridgehead atoms.